The van der Waals surface area contributed by atoms with E-state index in [0.717, 1.165) is 23.7 Å². The molecule has 2 aromatic carbocycles. The third-order valence-electron chi connectivity index (χ3n) is 3.36. The fourth-order valence-electron chi connectivity index (χ4n) is 2.32. The van der Waals surface area contributed by atoms with Crippen molar-refractivity contribution in [1.29, 1.82) is 5.26 Å². The van der Waals surface area contributed by atoms with Gasteiger partial charge < -0.3 is 0 Å². The molecule has 1 nitrogen and oxygen atoms in total. The number of nitriles is 1. The van der Waals surface area contributed by atoms with Crippen LogP contribution in [0.2, 0.25) is 0 Å². The molecule has 3 rings (SSSR count). The van der Waals surface area contributed by atoms with Crippen molar-refractivity contribution in [2.75, 3.05) is 0 Å². The van der Waals surface area contributed by atoms with Crippen LogP contribution in [-0.2, 0) is 18.2 Å². The summed E-state index contributed by atoms with van der Waals surface area (Å²) in [4.78, 5) is 2.54. The highest BCUT2D eigenvalue weighted by atomic mass is 79.9. The molecule has 0 spiro atoms. The maximum absolute atomic E-state index is 9.01. The van der Waals surface area contributed by atoms with E-state index in [-0.39, 0.29) is 0 Å². The lowest BCUT2D eigenvalue weighted by Crippen LogP contribution is -1.92. The molecule has 0 aromatic heterocycles. The smallest absolute Gasteiger partial charge is 0.0992 e. The zero-order valence-corrected chi connectivity index (χ0v) is 12.7. The summed E-state index contributed by atoms with van der Waals surface area (Å²) < 4.78 is 0. The molecule has 2 aromatic rings. The van der Waals surface area contributed by atoms with E-state index in [9.17, 15) is 0 Å². The first-order valence-corrected chi connectivity index (χ1v) is 8.12. The van der Waals surface area contributed by atoms with Gasteiger partial charge in [0.25, 0.3) is 0 Å². The summed E-state index contributed by atoms with van der Waals surface area (Å²) in [7, 11) is 0. The van der Waals surface area contributed by atoms with Crippen molar-refractivity contribution in [1.82, 2.24) is 0 Å². The molecule has 1 aliphatic heterocycles. The van der Waals surface area contributed by atoms with Crippen LogP contribution in [0.3, 0.4) is 0 Å². The molecule has 3 heteroatoms. The van der Waals surface area contributed by atoms with Gasteiger partial charge >= 0.3 is 0 Å². The molecular weight excluding hydrogens is 318 g/mol. The summed E-state index contributed by atoms with van der Waals surface area (Å²) in [5.74, 6) is 0. The average molecular weight is 330 g/mol. The van der Waals surface area contributed by atoms with Gasteiger partial charge in [0.1, 0.15) is 0 Å². The van der Waals surface area contributed by atoms with Gasteiger partial charge in [0.2, 0.25) is 0 Å². The van der Waals surface area contributed by atoms with Gasteiger partial charge in [0.05, 0.1) is 11.6 Å². The van der Waals surface area contributed by atoms with Crippen LogP contribution in [0.25, 0.3) is 0 Å². The van der Waals surface area contributed by atoms with E-state index in [1.807, 2.05) is 12.1 Å². The number of hydrogen-bond acceptors (Lipinski definition) is 2. The molecule has 0 fully saturated rings. The Labute approximate surface area is 125 Å². The molecule has 0 aliphatic carbocycles. The van der Waals surface area contributed by atoms with Crippen LogP contribution in [0.4, 0.5) is 0 Å². The van der Waals surface area contributed by atoms with Gasteiger partial charge in [-0.05, 0) is 47.7 Å². The zero-order valence-electron chi connectivity index (χ0n) is 10.3. The number of aryl methyl sites for hydroxylation is 2. The Morgan fingerprint density at radius 3 is 2.68 bits per heavy atom. The Hall–Kier alpha value is -1.24. The van der Waals surface area contributed by atoms with Gasteiger partial charge in [-0.15, -0.1) is 0 Å². The van der Waals surface area contributed by atoms with E-state index in [1.54, 1.807) is 11.8 Å². The quantitative estimate of drug-likeness (QED) is 0.708. The minimum absolute atomic E-state index is 0.742. The Morgan fingerprint density at radius 2 is 1.89 bits per heavy atom. The second kappa shape index (κ2) is 5.40. The summed E-state index contributed by atoms with van der Waals surface area (Å²) in [5, 5.41) is 9.91. The number of fused-ring (bicyclic) bond motifs is 2. The number of halogens is 1. The molecule has 0 N–H and O–H groups in total. The van der Waals surface area contributed by atoms with Crippen LogP contribution >= 0.6 is 27.7 Å². The first kappa shape index (κ1) is 12.8. The van der Waals surface area contributed by atoms with Crippen molar-refractivity contribution in [2.24, 2.45) is 0 Å². The van der Waals surface area contributed by atoms with Crippen LogP contribution in [0.15, 0.2) is 46.2 Å². The second-order valence-corrected chi connectivity index (χ2v) is 6.26. The van der Waals surface area contributed by atoms with E-state index in [2.05, 4.69) is 46.3 Å². The molecule has 19 heavy (non-hydrogen) atoms. The zero-order chi connectivity index (χ0) is 13.2. The first-order valence-electron chi connectivity index (χ1n) is 6.19. The van der Waals surface area contributed by atoms with E-state index >= 15 is 0 Å². The minimum atomic E-state index is 0.742. The molecule has 0 bridgehead atoms. The van der Waals surface area contributed by atoms with Crippen LogP contribution in [0.1, 0.15) is 22.3 Å². The Bertz CT molecular complexity index is 673. The summed E-state index contributed by atoms with van der Waals surface area (Å²) in [5.41, 5.74) is 4.83. The van der Waals surface area contributed by atoms with Crippen molar-refractivity contribution in [3.05, 3.63) is 58.7 Å². The topological polar surface area (TPSA) is 23.8 Å². The van der Waals surface area contributed by atoms with Crippen molar-refractivity contribution < 1.29 is 0 Å². The molecule has 0 radical (unpaired) electrons. The van der Waals surface area contributed by atoms with Gasteiger partial charge in [-0.25, -0.2) is 0 Å². The normalized spacial score (nSPS) is 13.1. The van der Waals surface area contributed by atoms with Gasteiger partial charge in [0.15, 0.2) is 0 Å². The molecule has 0 saturated heterocycles. The molecule has 1 heterocycles. The first-order chi connectivity index (χ1) is 9.30. The maximum atomic E-state index is 9.01. The number of benzene rings is 2. The molecular formula is C16H12BrNS. The maximum Gasteiger partial charge on any atom is 0.0992 e. The molecule has 94 valence electrons. The third-order valence-corrected chi connectivity index (χ3v) is 5.22. The number of nitrogens with zero attached hydrogens (tertiary/aromatic N) is 1. The summed E-state index contributed by atoms with van der Waals surface area (Å²) in [6, 6.07) is 14.9. The molecule has 1 aliphatic rings. The van der Waals surface area contributed by atoms with E-state index in [1.165, 1.54) is 26.5 Å². The molecule has 0 saturated carbocycles. The highest BCUT2D eigenvalue weighted by Crippen LogP contribution is 2.38. The molecule has 0 unspecified atom stereocenters. The van der Waals surface area contributed by atoms with Crippen LogP contribution in [-0.4, -0.2) is 0 Å². The monoisotopic (exact) mass is 329 g/mol. The van der Waals surface area contributed by atoms with E-state index in [4.69, 9.17) is 5.26 Å². The van der Waals surface area contributed by atoms with Crippen LogP contribution in [0.5, 0.6) is 0 Å². The van der Waals surface area contributed by atoms with Crippen molar-refractivity contribution in [3.8, 4) is 6.07 Å². The Morgan fingerprint density at radius 1 is 1.05 bits per heavy atom. The third kappa shape index (κ3) is 2.56. The highest BCUT2D eigenvalue weighted by Gasteiger charge is 2.14. The average Bonchev–Trinajstić information content (AvgIpc) is 2.64. The van der Waals surface area contributed by atoms with Gasteiger partial charge in [-0.2, -0.15) is 5.26 Å². The van der Waals surface area contributed by atoms with E-state index < -0.39 is 0 Å². The predicted octanol–water partition coefficient (Wildman–Crippen LogP) is 4.70. The largest absolute Gasteiger partial charge is 0.192 e. The Balaban J connectivity index is 2.04. The Kier molecular flexibility index (Phi) is 3.63. The van der Waals surface area contributed by atoms with Crippen molar-refractivity contribution in [3.63, 3.8) is 0 Å². The van der Waals surface area contributed by atoms with Crippen LogP contribution in [0, 0.1) is 11.3 Å². The predicted molar refractivity (Wildman–Crippen MR) is 81.8 cm³/mol. The van der Waals surface area contributed by atoms with Gasteiger partial charge in [0, 0.05) is 15.1 Å². The summed E-state index contributed by atoms with van der Waals surface area (Å²) >= 11 is 5.29. The molecule has 0 atom stereocenters. The fraction of sp³-hybridized carbons (Fsp3) is 0.188. The number of hydrogen-bond donors (Lipinski definition) is 0. The summed E-state index contributed by atoms with van der Waals surface area (Å²) in [6.07, 6.45) is 2.12. The second-order valence-electron chi connectivity index (χ2n) is 4.61. The van der Waals surface area contributed by atoms with Crippen molar-refractivity contribution in [2.45, 2.75) is 28.0 Å². The lowest BCUT2D eigenvalue weighted by Gasteiger charge is -2.07. The van der Waals surface area contributed by atoms with Gasteiger partial charge in [-0.1, -0.05) is 45.9 Å². The van der Waals surface area contributed by atoms with Crippen molar-refractivity contribution >= 4 is 27.7 Å². The lowest BCUT2D eigenvalue weighted by molar-refractivity contribution is 0.924. The number of rotatable bonds is 1. The van der Waals surface area contributed by atoms with Gasteiger partial charge in [-0.3, -0.25) is 0 Å². The van der Waals surface area contributed by atoms with E-state index in [0.29, 0.717) is 0 Å². The highest BCUT2D eigenvalue weighted by molar-refractivity contribution is 9.08. The summed E-state index contributed by atoms with van der Waals surface area (Å²) in [6.45, 7) is 0. The standard InChI is InChI=1S/C16H12BrNS/c17-9-11-2-6-15-14(7-11)5-4-13-3-1-12(10-18)8-16(13)19-15/h1-3,6-8H,4-5,9H2. The minimum Gasteiger partial charge on any atom is -0.192 e. The lowest BCUT2D eigenvalue weighted by atomic mass is 10.0. The van der Waals surface area contributed by atoms with Crippen LogP contribution < -0.4 is 0 Å². The fourth-order valence-corrected chi connectivity index (χ4v) is 3.83. The molecule has 0 amide bonds. The SMILES string of the molecule is N#Cc1ccc2c(c1)Sc1ccc(CBr)cc1CC2. The number of alkyl halides is 1.